The Balaban J connectivity index is 1.54. The van der Waals surface area contributed by atoms with E-state index in [2.05, 4.69) is 0 Å². The lowest BCUT2D eigenvalue weighted by molar-refractivity contribution is -0.132. The lowest BCUT2D eigenvalue weighted by Crippen LogP contribution is -2.46. The summed E-state index contributed by atoms with van der Waals surface area (Å²) in [5.41, 5.74) is 1.54. The van der Waals surface area contributed by atoms with Gasteiger partial charge in [0.05, 0.1) is 11.7 Å². The molecule has 0 saturated carbocycles. The van der Waals surface area contributed by atoms with Crippen molar-refractivity contribution in [2.24, 2.45) is 0 Å². The van der Waals surface area contributed by atoms with E-state index in [1.165, 1.54) is 17.0 Å². The number of hydrogen-bond acceptors (Lipinski definition) is 3. The summed E-state index contributed by atoms with van der Waals surface area (Å²) < 4.78 is 18.6. The average Bonchev–Trinajstić information content (AvgIpc) is 3.14. The molecule has 2 aliphatic heterocycles. The monoisotopic (exact) mass is 354 g/mol. The van der Waals surface area contributed by atoms with Gasteiger partial charge in [-0.15, -0.1) is 0 Å². The standard InChI is InChI=1S/C20H19FN2O3/c21-15-9-7-14(8-10-15)16-5-3-11-22(16)19(24)12-23-17-4-1-2-6-18(17)26-13-20(23)25/h1-2,4,6-10,16H,3,5,11-13H2. The zero-order valence-corrected chi connectivity index (χ0v) is 14.2. The SMILES string of the molecule is O=C1COc2ccccc2N1CC(=O)N1CCCC1c1ccc(F)cc1. The van der Waals surface area contributed by atoms with Crippen LogP contribution in [0.5, 0.6) is 5.75 Å². The molecule has 1 fully saturated rings. The van der Waals surface area contributed by atoms with Crippen molar-refractivity contribution in [3.63, 3.8) is 0 Å². The second-order valence-electron chi connectivity index (χ2n) is 6.53. The van der Waals surface area contributed by atoms with Gasteiger partial charge in [0, 0.05) is 6.54 Å². The molecule has 6 heteroatoms. The minimum Gasteiger partial charge on any atom is -0.482 e. The van der Waals surface area contributed by atoms with Crippen LogP contribution in [0.15, 0.2) is 48.5 Å². The van der Waals surface area contributed by atoms with Crippen LogP contribution in [0.2, 0.25) is 0 Å². The number of anilines is 1. The fraction of sp³-hybridized carbons (Fsp3) is 0.300. The second-order valence-corrected chi connectivity index (χ2v) is 6.53. The third-order valence-electron chi connectivity index (χ3n) is 4.93. The van der Waals surface area contributed by atoms with Crippen LogP contribution in [0, 0.1) is 5.82 Å². The number of hydrogen-bond donors (Lipinski definition) is 0. The summed E-state index contributed by atoms with van der Waals surface area (Å²) in [6.45, 7) is 0.559. The maximum atomic E-state index is 13.2. The first-order valence-electron chi connectivity index (χ1n) is 8.70. The summed E-state index contributed by atoms with van der Waals surface area (Å²) in [5.74, 6) is -0.0204. The van der Waals surface area contributed by atoms with Gasteiger partial charge in [-0.1, -0.05) is 24.3 Å². The van der Waals surface area contributed by atoms with Gasteiger partial charge in [-0.05, 0) is 42.7 Å². The molecule has 0 bridgehead atoms. The predicted octanol–water partition coefficient (Wildman–Crippen LogP) is 2.91. The van der Waals surface area contributed by atoms with E-state index in [9.17, 15) is 14.0 Å². The van der Waals surface area contributed by atoms with E-state index in [0.717, 1.165) is 18.4 Å². The Kier molecular flexibility index (Phi) is 4.32. The summed E-state index contributed by atoms with van der Waals surface area (Å²) in [6.07, 6.45) is 1.73. The van der Waals surface area contributed by atoms with Gasteiger partial charge in [-0.25, -0.2) is 4.39 Å². The molecule has 0 aliphatic carbocycles. The van der Waals surface area contributed by atoms with Gasteiger partial charge < -0.3 is 9.64 Å². The summed E-state index contributed by atoms with van der Waals surface area (Å²) in [5, 5.41) is 0. The maximum absolute atomic E-state index is 13.2. The van der Waals surface area contributed by atoms with Crippen molar-refractivity contribution >= 4 is 17.5 Å². The van der Waals surface area contributed by atoms with Gasteiger partial charge in [0.25, 0.3) is 5.91 Å². The highest BCUT2D eigenvalue weighted by atomic mass is 19.1. The van der Waals surface area contributed by atoms with Crippen LogP contribution >= 0.6 is 0 Å². The molecule has 2 aromatic rings. The highest BCUT2D eigenvalue weighted by Crippen LogP contribution is 2.34. The van der Waals surface area contributed by atoms with Crippen LogP contribution in [0.1, 0.15) is 24.4 Å². The average molecular weight is 354 g/mol. The summed E-state index contributed by atoms with van der Waals surface area (Å²) >= 11 is 0. The number of benzene rings is 2. The summed E-state index contributed by atoms with van der Waals surface area (Å²) in [4.78, 5) is 28.5. The molecule has 0 aromatic heterocycles. The van der Waals surface area contributed by atoms with Crippen molar-refractivity contribution in [2.45, 2.75) is 18.9 Å². The molecule has 4 rings (SSSR count). The van der Waals surface area contributed by atoms with Crippen molar-refractivity contribution in [1.82, 2.24) is 4.90 Å². The molecule has 26 heavy (non-hydrogen) atoms. The summed E-state index contributed by atoms with van der Waals surface area (Å²) in [7, 11) is 0. The molecular weight excluding hydrogens is 335 g/mol. The van der Waals surface area contributed by atoms with Gasteiger partial charge in [0.1, 0.15) is 18.1 Å². The Labute approximate surface area is 151 Å². The van der Waals surface area contributed by atoms with Crippen LogP contribution in [0.4, 0.5) is 10.1 Å². The molecule has 0 spiro atoms. The van der Waals surface area contributed by atoms with E-state index in [0.29, 0.717) is 18.0 Å². The number of rotatable bonds is 3. The van der Waals surface area contributed by atoms with Crippen molar-refractivity contribution < 1.29 is 18.7 Å². The number of amides is 2. The van der Waals surface area contributed by atoms with E-state index in [1.54, 1.807) is 29.2 Å². The Hall–Kier alpha value is -2.89. The fourth-order valence-electron chi connectivity index (χ4n) is 3.65. The first-order chi connectivity index (χ1) is 12.6. The molecule has 2 aliphatic rings. The normalized spacial score (nSPS) is 19.3. The van der Waals surface area contributed by atoms with Crippen molar-refractivity contribution in [1.29, 1.82) is 0 Å². The minimum absolute atomic E-state index is 0.0170. The van der Waals surface area contributed by atoms with Crippen LogP contribution in [-0.2, 0) is 9.59 Å². The molecule has 0 radical (unpaired) electrons. The van der Waals surface area contributed by atoms with E-state index in [-0.39, 0.29) is 36.8 Å². The zero-order valence-electron chi connectivity index (χ0n) is 14.2. The number of ether oxygens (including phenoxy) is 1. The number of para-hydroxylation sites is 2. The van der Waals surface area contributed by atoms with Gasteiger partial charge in [0.2, 0.25) is 5.91 Å². The number of carbonyl (C=O) groups is 2. The molecule has 1 saturated heterocycles. The number of nitrogens with zero attached hydrogens (tertiary/aromatic N) is 2. The number of fused-ring (bicyclic) bond motifs is 1. The van der Waals surface area contributed by atoms with E-state index in [4.69, 9.17) is 4.74 Å². The highest BCUT2D eigenvalue weighted by Gasteiger charge is 2.33. The van der Waals surface area contributed by atoms with Crippen LogP contribution < -0.4 is 9.64 Å². The Morgan fingerprint density at radius 3 is 2.73 bits per heavy atom. The highest BCUT2D eigenvalue weighted by molar-refractivity contribution is 6.02. The zero-order chi connectivity index (χ0) is 18.1. The summed E-state index contributed by atoms with van der Waals surface area (Å²) in [6, 6.07) is 13.4. The molecule has 134 valence electrons. The smallest absolute Gasteiger partial charge is 0.265 e. The van der Waals surface area contributed by atoms with Gasteiger partial charge in [-0.3, -0.25) is 14.5 Å². The maximum Gasteiger partial charge on any atom is 0.265 e. The fourth-order valence-corrected chi connectivity index (χ4v) is 3.65. The topological polar surface area (TPSA) is 49.9 Å². The minimum atomic E-state index is -0.292. The van der Waals surface area contributed by atoms with Crippen molar-refractivity contribution in [2.75, 3.05) is 24.6 Å². The van der Waals surface area contributed by atoms with Crippen LogP contribution in [-0.4, -0.2) is 36.4 Å². The molecule has 2 aromatic carbocycles. The van der Waals surface area contributed by atoms with E-state index in [1.807, 2.05) is 12.1 Å². The van der Waals surface area contributed by atoms with Gasteiger partial charge >= 0.3 is 0 Å². The van der Waals surface area contributed by atoms with E-state index >= 15 is 0 Å². The molecule has 2 heterocycles. The molecule has 1 unspecified atom stereocenters. The lowest BCUT2D eigenvalue weighted by Gasteiger charge is -2.32. The molecular formula is C20H19FN2O3. The number of carbonyl (C=O) groups excluding carboxylic acids is 2. The first-order valence-corrected chi connectivity index (χ1v) is 8.70. The lowest BCUT2D eigenvalue weighted by atomic mass is 10.0. The van der Waals surface area contributed by atoms with Crippen LogP contribution in [0.3, 0.4) is 0 Å². The van der Waals surface area contributed by atoms with E-state index < -0.39 is 0 Å². The van der Waals surface area contributed by atoms with Gasteiger partial charge in [0.15, 0.2) is 6.61 Å². The number of likely N-dealkylation sites (tertiary alicyclic amines) is 1. The second kappa shape index (κ2) is 6.78. The molecule has 2 amide bonds. The van der Waals surface area contributed by atoms with Crippen LogP contribution in [0.25, 0.3) is 0 Å². The third kappa shape index (κ3) is 3.03. The van der Waals surface area contributed by atoms with Crippen molar-refractivity contribution in [3.05, 3.63) is 59.9 Å². The molecule has 0 N–H and O–H groups in total. The van der Waals surface area contributed by atoms with Crippen molar-refractivity contribution in [3.8, 4) is 5.75 Å². The number of halogens is 1. The quantitative estimate of drug-likeness (QED) is 0.852. The molecule has 5 nitrogen and oxygen atoms in total. The predicted molar refractivity (Wildman–Crippen MR) is 94.4 cm³/mol. The Bertz CT molecular complexity index is 837. The largest absolute Gasteiger partial charge is 0.482 e. The Morgan fingerprint density at radius 2 is 1.92 bits per heavy atom. The molecule has 1 atom stereocenters. The van der Waals surface area contributed by atoms with Gasteiger partial charge in [-0.2, -0.15) is 0 Å². The Morgan fingerprint density at radius 1 is 1.15 bits per heavy atom. The first kappa shape index (κ1) is 16.6. The third-order valence-corrected chi connectivity index (χ3v) is 4.93.